The van der Waals surface area contributed by atoms with Gasteiger partial charge in [-0.2, -0.15) is 13.2 Å². The topological polar surface area (TPSA) is 12.0 Å². The SMILES string of the molecule is CCCNC(CC(F)(F)F)c1cc(C)sc1C. The molecule has 5 heteroatoms. The van der Waals surface area contributed by atoms with Gasteiger partial charge in [0.15, 0.2) is 0 Å². The highest BCUT2D eigenvalue weighted by atomic mass is 32.1. The lowest BCUT2D eigenvalue weighted by molar-refractivity contribution is -0.140. The molecule has 1 aromatic rings. The number of thiophene rings is 1. The molecular weight excluding hydrogens is 247 g/mol. The molecular formula is C12H18F3NS. The van der Waals surface area contributed by atoms with Gasteiger partial charge in [0.2, 0.25) is 0 Å². The van der Waals surface area contributed by atoms with E-state index in [1.165, 1.54) is 0 Å². The summed E-state index contributed by atoms with van der Waals surface area (Å²) in [5, 5.41) is 2.98. The van der Waals surface area contributed by atoms with Crippen molar-refractivity contribution >= 4 is 11.3 Å². The van der Waals surface area contributed by atoms with Gasteiger partial charge in [0.25, 0.3) is 0 Å². The summed E-state index contributed by atoms with van der Waals surface area (Å²) in [6.07, 6.45) is -4.10. The van der Waals surface area contributed by atoms with Gasteiger partial charge in [-0.3, -0.25) is 0 Å². The third-order valence-corrected chi connectivity index (χ3v) is 3.51. The van der Waals surface area contributed by atoms with Crippen LogP contribution >= 0.6 is 11.3 Å². The monoisotopic (exact) mass is 265 g/mol. The Bertz CT molecular complexity index is 357. The van der Waals surface area contributed by atoms with Crippen LogP contribution in [-0.2, 0) is 0 Å². The Balaban J connectivity index is 2.85. The van der Waals surface area contributed by atoms with E-state index in [9.17, 15) is 13.2 Å². The summed E-state index contributed by atoms with van der Waals surface area (Å²) < 4.78 is 37.6. The quantitative estimate of drug-likeness (QED) is 0.834. The fourth-order valence-electron chi connectivity index (χ4n) is 1.84. The number of alkyl halides is 3. The van der Waals surface area contributed by atoms with Crippen LogP contribution in [0.3, 0.4) is 0 Å². The zero-order valence-corrected chi connectivity index (χ0v) is 11.1. The van der Waals surface area contributed by atoms with Crippen LogP contribution in [0.5, 0.6) is 0 Å². The molecule has 0 aromatic carbocycles. The minimum absolute atomic E-state index is 0.606. The summed E-state index contributed by atoms with van der Waals surface area (Å²) in [5.74, 6) is 0. The summed E-state index contributed by atoms with van der Waals surface area (Å²) in [4.78, 5) is 2.03. The molecule has 1 unspecified atom stereocenters. The van der Waals surface area contributed by atoms with E-state index in [0.717, 1.165) is 21.7 Å². The van der Waals surface area contributed by atoms with Gasteiger partial charge >= 0.3 is 6.18 Å². The van der Waals surface area contributed by atoms with E-state index in [1.54, 1.807) is 11.3 Å². The van der Waals surface area contributed by atoms with Crippen molar-refractivity contribution in [1.29, 1.82) is 0 Å². The predicted molar refractivity (Wildman–Crippen MR) is 65.5 cm³/mol. The maximum absolute atomic E-state index is 12.5. The standard InChI is InChI=1S/C12H18F3NS/c1-4-5-16-11(7-12(13,14)15)10-6-8(2)17-9(10)3/h6,11,16H,4-5,7H2,1-3H3. The smallest absolute Gasteiger partial charge is 0.310 e. The number of hydrogen-bond donors (Lipinski definition) is 1. The lowest BCUT2D eigenvalue weighted by Gasteiger charge is -2.20. The van der Waals surface area contributed by atoms with Gasteiger partial charge in [-0.15, -0.1) is 11.3 Å². The van der Waals surface area contributed by atoms with E-state index in [-0.39, 0.29) is 0 Å². The van der Waals surface area contributed by atoms with Gasteiger partial charge in [-0.05, 0) is 38.4 Å². The summed E-state index contributed by atoms with van der Waals surface area (Å²) in [6.45, 7) is 6.36. The first-order valence-electron chi connectivity index (χ1n) is 5.70. The number of nitrogens with one attached hydrogen (secondary N) is 1. The minimum Gasteiger partial charge on any atom is -0.310 e. The van der Waals surface area contributed by atoms with Gasteiger partial charge in [-0.25, -0.2) is 0 Å². The molecule has 0 aliphatic heterocycles. The van der Waals surface area contributed by atoms with E-state index in [1.807, 2.05) is 26.8 Å². The second-order valence-electron chi connectivity index (χ2n) is 4.19. The molecule has 1 nitrogen and oxygen atoms in total. The maximum Gasteiger partial charge on any atom is 0.390 e. The first-order valence-corrected chi connectivity index (χ1v) is 6.52. The van der Waals surface area contributed by atoms with Crippen LogP contribution in [0, 0.1) is 13.8 Å². The van der Waals surface area contributed by atoms with Crippen LogP contribution in [0.1, 0.15) is 41.1 Å². The van der Waals surface area contributed by atoms with Crippen molar-refractivity contribution in [1.82, 2.24) is 5.32 Å². The van der Waals surface area contributed by atoms with E-state index in [0.29, 0.717) is 6.54 Å². The maximum atomic E-state index is 12.5. The molecule has 17 heavy (non-hydrogen) atoms. The molecule has 0 radical (unpaired) electrons. The summed E-state index contributed by atoms with van der Waals surface area (Å²) in [6, 6.07) is 1.25. The van der Waals surface area contributed by atoms with E-state index >= 15 is 0 Å². The molecule has 0 aliphatic rings. The van der Waals surface area contributed by atoms with Crippen molar-refractivity contribution < 1.29 is 13.2 Å². The Hall–Kier alpha value is -0.550. The zero-order chi connectivity index (χ0) is 13.1. The molecule has 1 atom stereocenters. The molecule has 0 bridgehead atoms. The second kappa shape index (κ2) is 5.87. The zero-order valence-electron chi connectivity index (χ0n) is 10.3. The Morgan fingerprint density at radius 3 is 2.41 bits per heavy atom. The number of halogens is 3. The minimum atomic E-state index is -4.13. The van der Waals surface area contributed by atoms with Gasteiger partial charge in [0.05, 0.1) is 6.42 Å². The van der Waals surface area contributed by atoms with Crippen LogP contribution in [0.4, 0.5) is 13.2 Å². The van der Waals surface area contributed by atoms with Crippen molar-refractivity contribution in [2.24, 2.45) is 0 Å². The molecule has 0 saturated heterocycles. The molecule has 1 N–H and O–H groups in total. The highest BCUT2D eigenvalue weighted by molar-refractivity contribution is 7.12. The average molecular weight is 265 g/mol. The van der Waals surface area contributed by atoms with Crippen molar-refractivity contribution in [2.75, 3.05) is 6.54 Å². The summed E-state index contributed by atoms with van der Waals surface area (Å²) in [7, 11) is 0. The number of rotatable bonds is 5. The molecule has 0 amide bonds. The molecule has 1 heterocycles. The van der Waals surface area contributed by atoms with E-state index in [2.05, 4.69) is 5.32 Å². The predicted octanol–water partition coefficient (Wildman–Crippen LogP) is 4.36. The molecule has 1 rings (SSSR count). The summed E-state index contributed by atoms with van der Waals surface area (Å²) in [5.41, 5.74) is 0.790. The largest absolute Gasteiger partial charge is 0.390 e. The van der Waals surface area contributed by atoms with Crippen LogP contribution in [-0.4, -0.2) is 12.7 Å². The fraction of sp³-hybridized carbons (Fsp3) is 0.667. The third-order valence-electron chi connectivity index (χ3n) is 2.53. The average Bonchev–Trinajstić information content (AvgIpc) is 2.50. The molecule has 0 aliphatic carbocycles. The molecule has 0 fully saturated rings. The fourth-order valence-corrected chi connectivity index (χ4v) is 2.83. The molecule has 98 valence electrons. The number of aryl methyl sites for hydroxylation is 2. The Labute approximate surface area is 104 Å². The van der Waals surface area contributed by atoms with Crippen molar-refractivity contribution in [3.8, 4) is 0 Å². The van der Waals surface area contributed by atoms with Crippen LogP contribution in [0.25, 0.3) is 0 Å². The van der Waals surface area contributed by atoms with Crippen molar-refractivity contribution in [2.45, 2.75) is 45.8 Å². The highest BCUT2D eigenvalue weighted by Crippen LogP contribution is 2.34. The lowest BCUT2D eigenvalue weighted by atomic mass is 10.0. The van der Waals surface area contributed by atoms with Gasteiger partial charge in [0, 0.05) is 15.8 Å². The van der Waals surface area contributed by atoms with Gasteiger partial charge < -0.3 is 5.32 Å². The van der Waals surface area contributed by atoms with Crippen molar-refractivity contribution in [3.05, 3.63) is 21.4 Å². The Kier molecular flexibility index (Phi) is 5.01. The lowest BCUT2D eigenvalue weighted by Crippen LogP contribution is -2.27. The van der Waals surface area contributed by atoms with E-state index in [4.69, 9.17) is 0 Å². The second-order valence-corrected chi connectivity index (χ2v) is 5.66. The van der Waals surface area contributed by atoms with E-state index < -0.39 is 18.6 Å². The summed E-state index contributed by atoms with van der Waals surface area (Å²) >= 11 is 1.55. The molecule has 0 saturated carbocycles. The van der Waals surface area contributed by atoms with Crippen molar-refractivity contribution in [3.63, 3.8) is 0 Å². The normalized spacial score (nSPS) is 14.0. The first kappa shape index (κ1) is 14.5. The van der Waals surface area contributed by atoms with Gasteiger partial charge in [-0.1, -0.05) is 6.92 Å². The van der Waals surface area contributed by atoms with Gasteiger partial charge in [0.1, 0.15) is 0 Å². The number of hydrogen-bond acceptors (Lipinski definition) is 2. The molecule has 0 spiro atoms. The molecule has 1 aromatic heterocycles. The Morgan fingerprint density at radius 2 is 2.00 bits per heavy atom. The van der Waals surface area contributed by atoms with Crippen LogP contribution < -0.4 is 5.32 Å². The Morgan fingerprint density at radius 1 is 1.35 bits per heavy atom. The third kappa shape index (κ3) is 4.68. The first-order chi connectivity index (χ1) is 7.83. The highest BCUT2D eigenvalue weighted by Gasteiger charge is 2.33. The van der Waals surface area contributed by atoms with Crippen LogP contribution in [0.2, 0.25) is 0 Å². The van der Waals surface area contributed by atoms with Crippen LogP contribution in [0.15, 0.2) is 6.07 Å².